The number of amides is 1. The third-order valence-corrected chi connectivity index (χ3v) is 3.00. The maximum atomic E-state index is 11.8. The lowest BCUT2D eigenvalue weighted by atomic mass is 10.1. The Morgan fingerprint density at radius 2 is 1.95 bits per heavy atom. The number of rotatable bonds is 5. The first-order valence-electron chi connectivity index (χ1n) is 6.66. The number of hydrogen-bond donors (Lipinski definition) is 3. The molecule has 1 amide bonds. The van der Waals surface area contributed by atoms with E-state index in [0.717, 1.165) is 16.9 Å². The molecule has 0 saturated carbocycles. The van der Waals surface area contributed by atoms with Crippen LogP contribution >= 0.6 is 0 Å². The Balaban J connectivity index is 2.05. The maximum absolute atomic E-state index is 11.8. The minimum Gasteiger partial charge on any atom is -0.398 e. The van der Waals surface area contributed by atoms with E-state index >= 15 is 0 Å². The first kappa shape index (κ1) is 13.9. The fourth-order valence-electron chi connectivity index (χ4n) is 1.93. The molecule has 0 saturated heterocycles. The van der Waals surface area contributed by atoms with Crippen molar-refractivity contribution >= 4 is 17.3 Å². The molecule has 0 fully saturated rings. The molecular weight excluding hydrogens is 250 g/mol. The number of nitrogens with two attached hydrogens (primary N) is 1. The maximum Gasteiger partial charge on any atom is 0.251 e. The van der Waals surface area contributed by atoms with Gasteiger partial charge in [0.25, 0.3) is 5.91 Å². The average molecular weight is 269 g/mol. The van der Waals surface area contributed by atoms with Crippen LogP contribution in [0, 0.1) is 0 Å². The van der Waals surface area contributed by atoms with Crippen LogP contribution in [0.2, 0.25) is 0 Å². The molecule has 20 heavy (non-hydrogen) atoms. The summed E-state index contributed by atoms with van der Waals surface area (Å²) in [4.78, 5) is 11.8. The summed E-state index contributed by atoms with van der Waals surface area (Å²) in [5, 5.41) is 6.06. The number of carbonyl (C=O) groups excluding carboxylic acids is 1. The van der Waals surface area contributed by atoms with E-state index in [2.05, 4.69) is 10.6 Å². The quantitative estimate of drug-likeness (QED) is 0.731. The second-order valence-electron chi connectivity index (χ2n) is 4.49. The molecule has 4 nitrogen and oxygen atoms in total. The number of benzene rings is 2. The minimum atomic E-state index is -0.0598. The van der Waals surface area contributed by atoms with E-state index in [1.54, 1.807) is 6.07 Å². The lowest BCUT2D eigenvalue weighted by molar-refractivity contribution is 0.0956. The zero-order chi connectivity index (χ0) is 14.4. The van der Waals surface area contributed by atoms with Gasteiger partial charge in [0, 0.05) is 30.0 Å². The highest BCUT2D eigenvalue weighted by Crippen LogP contribution is 2.15. The Hall–Kier alpha value is -2.49. The number of hydrogen-bond acceptors (Lipinski definition) is 3. The predicted molar refractivity (Wildman–Crippen MR) is 82.6 cm³/mol. The van der Waals surface area contributed by atoms with E-state index < -0.39 is 0 Å². The molecule has 0 unspecified atom stereocenters. The summed E-state index contributed by atoms with van der Waals surface area (Å²) >= 11 is 0. The Bertz CT molecular complexity index is 596. The van der Waals surface area contributed by atoms with Gasteiger partial charge in [-0.1, -0.05) is 24.3 Å². The molecule has 2 rings (SSSR count). The molecule has 0 bridgehead atoms. The molecule has 4 heteroatoms. The van der Waals surface area contributed by atoms with Crippen LogP contribution in [0.4, 0.5) is 11.4 Å². The van der Waals surface area contributed by atoms with E-state index in [-0.39, 0.29) is 5.91 Å². The van der Waals surface area contributed by atoms with Gasteiger partial charge in [0.05, 0.1) is 0 Å². The molecule has 0 aliphatic carbocycles. The van der Waals surface area contributed by atoms with Crippen LogP contribution in [-0.2, 0) is 6.54 Å². The standard InChI is InChI=1S/C16H19N3O/c1-2-18-16(20)12-7-5-8-14(10-12)19-11-13-6-3-4-9-15(13)17/h3-10,19H,2,11,17H2,1H3,(H,18,20). The smallest absolute Gasteiger partial charge is 0.251 e. The highest BCUT2D eigenvalue weighted by atomic mass is 16.1. The lowest BCUT2D eigenvalue weighted by Gasteiger charge is -2.10. The first-order valence-corrected chi connectivity index (χ1v) is 6.66. The van der Waals surface area contributed by atoms with Crippen LogP contribution in [0.5, 0.6) is 0 Å². The summed E-state index contributed by atoms with van der Waals surface area (Å²) in [7, 11) is 0. The SMILES string of the molecule is CCNC(=O)c1cccc(NCc2ccccc2N)c1. The molecule has 0 aliphatic rings. The topological polar surface area (TPSA) is 67.2 Å². The molecular formula is C16H19N3O. The van der Waals surface area contributed by atoms with Crippen molar-refractivity contribution in [2.75, 3.05) is 17.6 Å². The van der Waals surface area contributed by atoms with Crippen LogP contribution < -0.4 is 16.4 Å². The van der Waals surface area contributed by atoms with Crippen molar-refractivity contribution in [3.8, 4) is 0 Å². The molecule has 4 N–H and O–H groups in total. The molecule has 2 aromatic rings. The Labute approximate surface area is 119 Å². The summed E-state index contributed by atoms with van der Waals surface area (Å²) in [5.41, 5.74) is 9.25. The fraction of sp³-hybridized carbons (Fsp3) is 0.188. The second-order valence-corrected chi connectivity index (χ2v) is 4.49. The van der Waals surface area contributed by atoms with E-state index in [1.165, 1.54) is 0 Å². The third kappa shape index (κ3) is 3.51. The van der Waals surface area contributed by atoms with Crippen LogP contribution in [-0.4, -0.2) is 12.5 Å². The average Bonchev–Trinajstić information content (AvgIpc) is 2.47. The molecule has 0 atom stereocenters. The van der Waals surface area contributed by atoms with Gasteiger partial charge in [0.1, 0.15) is 0 Å². The number of nitrogens with one attached hydrogen (secondary N) is 2. The van der Waals surface area contributed by atoms with Gasteiger partial charge in [-0.2, -0.15) is 0 Å². The van der Waals surface area contributed by atoms with Crippen molar-refractivity contribution in [2.45, 2.75) is 13.5 Å². The van der Waals surface area contributed by atoms with Crippen molar-refractivity contribution in [1.29, 1.82) is 0 Å². The summed E-state index contributed by atoms with van der Waals surface area (Å²) in [5.74, 6) is -0.0598. The van der Waals surface area contributed by atoms with Crippen molar-refractivity contribution in [3.05, 3.63) is 59.7 Å². The van der Waals surface area contributed by atoms with E-state index in [4.69, 9.17) is 5.73 Å². The van der Waals surface area contributed by atoms with Crippen LogP contribution in [0.1, 0.15) is 22.8 Å². The van der Waals surface area contributed by atoms with Gasteiger partial charge in [0.15, 0.2) is 0 Å². The third-order valence-electron chi connectivity index (χ3n) is 3.00. The predicted octanol–water partition coefficient (Wildman–Crippen LogP) is 2.63. The highest BCUT2D eigenvalue weighted by Gasteiger charge is 2.04. The summed E-state index contributed by atoms with van der Waals surface area (Å²) in [6.45, 7) is 3.15. The largest absolute Gasteiger partial charge is 0.398 e. The Kier molecular flexibility index (Phi) is 4.60. The Morgan fingerprint density at radius 3 is 2.70 bits per heavy atom. The number of para-hydroxylation sites is 1. The highest BCUT2D eigenvalue weighted by molar-refractivity contribution is 5.95. The van der Waals surface area contributed by atoms with Crippen molar-refractivity contribution in [3.63, 3.8) is 0 Å². The molecule has 0 spiro atoms. The van der Waals surface area contributed by atoms with Crippen molar-refractivity contribution in [1.82, 2.24) is 5.32 Å². The van der Waals surface area contributed by atoms with Crippen molar-refractivity contribution in [2.24, 2.45) is 0 Å². The number of anilines is 2. The zero-order valence-corrected chi connectivity index (χ0v) is 11.5. The molecule has 0 aliphatic heterocycles. The van der Waals surface area contributed by atoms with Gasteiger partial charge in [-0.3, -0.25) is 4.79 Å². The summed E-state index contributed by atoms with van der Waals surface area (Å²) in [6.07, 6.45) is 0. The van der Waals surface area contributed by atoms with Gasteiger partial charge < -0.3 is 16.4 Å². The minimum absolute atomic E-state index is 0.0598. The Morgan fingerprint density at radius 1 is 1.15 bits per heavy atom. The first-order chi connectivity index (χ1) is 9.70. The van der Waals surface area contributed by atoms with E-state index in [1.807, 2.05) is 49.4 Å². The van der Waals surface area contributed by atoms with Crippen LogP contribution in [0.25, 0.3) is 0 Å². The molecule has 0 radical (unpaired) electrons. The number of nitrogen functional groups attached to an aromatic ring is 1. The van der Waals surface area contributed by atoms with Gasteiger partial charge in [-0.05, 0) is 36.8 Å². The zero-order valence-electron chi connectivity index (χ0n) is 11.5. The molecule has 104 valence electrons. The van der Waals surface area contributed by atoms with Crippen LogP contribution in [0.15, 0.2) is 48.5 Å². The van der Waals surface area contributed by atoms with Crippen molar-refractivity contribution < 1.29 is 4.79 Å². The summed E-state index contributed by atoms with van der Waals surface area (Å²) < 4.78 is 0. The van der Waals surface area contributed by atoms with Gasteiger partial charge in [0.2, 0.25) is 0 Å². The van der Waals surface area contributed by atoms with E-state index in [0.29, 0.717) is 18.7 Å². The summed E-state index contributed by atoms with van der Waals surface area (Å²) in [6, 6.07) is 15.2. The molecule has 0 heterocycles. The second kappa shape index (κ2) is 6.61. The monoisotopic (exact) mass is 269 g/mol. The normalized spacial score (nSPS) is 10.1. The van der Waals surface area contributed by atoms with Gasteiger partial charge in [-0.15, -0.1) is 0 Å². The van der Waals surface area contributed by atoms with Gasteiger partial charge >= 0.3 is 0 Å². The molecule has 0 aromatic heterocycles. The van der Waals surface area contributed by atoms with Gasteiger partial charge in [-0.25, -0.2) is 0 Å². The lowest BCUT2D eigenvalue weighted by Crippen LogP contribution is -2.22. The fourth-order valence-corrected chi connectivity index (χ4v) is 1.93. The molecule has 2 aromatic carbocycles. The van der Waals surface area contributed by atoms with E-state index in [9.17, 15) is 4.79 Å². The number of carbonyl (C=O) groups is 1. The van der Waals surface area contributed by atoms with Crippen LogP contribution in [0.3, 0.4) is 0 Å².